The number of rotatable bonds is 3. The Morgan fingerprint density at radius 1 is 1.67 bits per heavy atom. The van der Waals surface area contributed by atoms with Gasteiger partial charge in [-0.2, -0.15) is 0 Å². The van der Waals surface area contributed by atoms with Crippen molar-refractivity contribution in [3.8, 4) is 0 Å². The molecule has 1 aliphatic rings. The monoisotopic (exact) mass is 269 g/mol. The van der Waals surface area contributed by atoms with Crippen LogP contribution in [0.5, 0.6) is 0 Å². The third-order valence-electron chi connectivity index (χ3n) is 2.99. The van der Waals surface area contributed by atoms with Crippen LogP contribution in [-0.2, 0) is 9.53 Å². The summed E-state index contributed by atoms with van der Waals surface area (Å²) in [7, 11) is 0. The predicted octanol–water partition coefficient (Wildman–Crippen LogP) is 1.91. The van der Waals surface area contributed by atoms with Crippen LogP contribution in [-0.4, -0.2) is 35.6 Å². The molecule has 2 rings (SSSR count). The SMILES string of the molecule is CCOC(=O)C1CCCN(c2ncncc2Cl)C1. The zero-order valence-electron chi connectivity index (χ0n) is 10.3. The summed E-state index contributed by atoms with van der Waals surface area (Å²) in [6, 6.07) is 0. The molecule has 1 aromatic heterocycles. The Hall–Kier alpha value is -1.36. The van der Waals surface area contributed by atoms with Crippen molar-refractivity contribution in [3.63, 3.8) is 0 Å². The first-order chi connectivity index (χ1) is 8.72. The van der Waals surface area contributed by atoms with Crippen LogP contribution in [0.3, 0.4) is 0 Å². The smallest absolute Gasteiger partial charge is 0.310 e. The van der Waals surface area contributed by atoms with Crippen molar-refractivity contribution in [2.75, 3.05) is 24.6 Å². The number of ether oxygens (including phenoxy) is 1. The molecule has 0 amide bonds. The molecule has 1 saturated heterocycles. The summed E-state index contributed by atoms with van der Waals surface area (Å²) in [6.07, 6.45) is 4.83. The van der Waals surface area contributed by atoms with Gasteiger partial charge < -0.3 is 9.64 Å². The van der Waals surface area contributed by atoms with Crippen molar-refractivity contribution >= 4 is 23.4 Å². The standard InChI is InChI=1S/C12H16ClN3O2/c1-2-18-12(17)9-4-3-5-16(7-9)11-10(13)6-14-8-15-11/h6,8-9H,2-5,7H2,1H3. The molecular weight excluding hydrogens is 254 g/mol. The van der Waals surface area contributed by atoms with Crippen LogP contribution in [0.25, 0.3) is 0 Å². The van der Waals surface area contributed by atoms with Gasteiger partial charge in [-0.05, 0) is 19.8 Å². The van der Waals surface area contributed by atoms with Crippen molar-refractivity contribution in [2.45, 2.75) is 19.8 Å². The second-order valence-corrected chi connectivity index (χ2v) is 4.64. The minimum atomic E-state index is -0.132. The quantitative estimate of drug-likeness (QED) is 0.785. The number of carbonyl (C=O) groups is 1. The van der Waals surface area contributed by atoms with Gasteiger partial charge in [0, 0.05) is 13.1 Å². The molecule has 1 aliphatic heterocycles. The van der Waals surface area contributed by atoms with Crippen molar-refractivity contribution in [3.05, 3.63) is 17.5 Å². The van der Waals surface area contributed by atoms with E-state index in [4.69, 9.17) is 16.3 Å². The summed E-state index contributed by atoms with van der Waals surface area (Å²) in [6.45, 7) is 3.70. The van der Waals surface area contributed by atoms with Gasteiger partial charge in [-0.1, -0.05) is 11.6 Å². The summed E-state index contributed by atoms with van der Waals surface area (Å²) < 4.78 is 5.06. The van der Waals surface area contributed by atoms with Crippen LogP contribution < -0.4 is 4.90 Å². The molecule has 98 valence electrons. The Morgan fingerprint density at radius 2 is 2.50 bits per heavy atom. The third-order valence-corrected chi connectivity index (χ3v) is 3.26. The first kappa shape index (κ1) is 13.1. The molecule has 5 nitrogen and oxygen atoms in total. The van der Waals surface area contributed by atoms with Crippen LogP contribution in [0.2, 0.25) is 5.02 Å². The molecule has 0 bridgehead atoms. The summed E-state index contributed by atoms with van der Waals surface area (Å²) in [4.78, 5) is 21.8. The van der Waals surface area contributed by atoms with Gasteiger partial charge in [0.25, 0.3) is 0 Å². The lowest BCUT2D eigenvalue weighted by molar-refractivity contribution is -0.148. The number of halogens is 1. The second-order valence-electron chi connectivity index (χ2n) is 4.23. The fraction of sp³-hybridized carbons (Fsp3) is 0.583. The van der Waals surface area contributed by atoms with Crippen molar-refractivity contribution in [1.29, 1.82) is 0 Å². The minimum Gasteiger partial charge on any atom is -0.466 e. The highest BCUT2D eigenvalue weighted by Crippen LogP contribution is 2.27. The van der Waals surface area contributed by atoms with Crippen molar-refractivity contribution in [1.82, 2.24) is 9.97 Å². The highest BCUT2D eigenvalue weighted by atomic mass is 35.5. The Bertz CT molecular complexity index is 428. The average molecular weight is 270 g/mol. The Morgan fingerprint density at radius 3 is 3.22 bits per heavy atom. The second kappa shape index (κ2) is 6.00. The molecule has 0 aromatic carbocycles. The molecule has 2 heterocycles. The molecule has 6 heteroatoms. The topological polar surface area (TPSA) is 55.3 Å². The maximum atomic E-state index is 11.7. The lowest BCUT2D eigenvalue weighted by Gasteiger charge is -2.32. The van der Waals surface area contributed by atoms with E-state index in [0.717, 1.165) is 19.4 Å². The van der Waals surface area contributed by atoms with E-state index >= 15 is 0 Å². The lowest BCUT2D eigenvalue weighted by Crippen LogP contribution is -2.40. The maximum Gasteiger partial charge on any atom is 0.310 e. The normalized spacial score (nSPS) is 19.7. The number of hydrogen-bond acceptors (Lipinski definition) is 5. The van der Waals surface area contributed by atoms with E-state index in [1.807, 2.05) is 11.8 Å². The van der Waals surface area contributed by atoms with Crippen molar-refractivity contribution in [2.24, 2.45) is 5.92 Å². The summed E-state index contributed by atoms with van der Waals surface area (Å²) >= 11 is 6.06. The van der Waals surface area contributed by atoms with Gasteiger partial charge in [0.1, 0.15) is 11.3 Å². The molecule has 0 N–H and O–H groups in total. The van der Waals surface area contributed by atoms with Gasteiger partial charge in [-0.3, -0.25) is 4.79 Å². The Balaban J connectivity index is 2.07. The molecular formula is C12H16ClN3O2. The molecule has 1 aromatic rings. The largest absolute Gasteiger partial charge is 0.466 e. The zero-order chi connectivity index (χ0) is 13.0. The average Bonchev–Trinajstić information content (AvgIpc) is 2.40. The lowest BCUT2D eigenvalue weighted by atomic mass is 9.98. The van der Waals surface area contributed by atoms with Crippen molar-refractivity contribution < 1.29 is 9.53 Å². The molecule has 0 saturated carbocycles. The molecule has 0 spiro atoms. The third kappa shape index (κ3) is 2.90. The van der Waals surface area contributed by atoms with Gasteiger partial charge in [0.05, 0.1) is 18.7 Å². The summed E-state index contributed by atoms with van der Waals surface area (Å²) in [5.41, 5.74) is 0. The van der Waals surface area contributed by atoms with E-state index < -0.39 is 0 Å². The fourth-order valence-electron chi connectivity index (χ4n) is 2.16. The molecule has 1 atom stereocenters. The number of nitrogens with zero attached hydrogens (tertiary/aromatic N) is 3. The Kier molecular flexibility index (Phi) is 4.36. The fourth-order valence-corrected chi connectivity index (χ4v) is 2.39. The van der Waals surface area contributed by atoms with Gasteiger partial charge in [-0.15, -0.1) is 0 Å². The van der Waals surface area contributed by atoms with Gasteiger partial charge in [0.15, 0.2) is 5.82 Å². The highest BCUT2D eigenvalue weighted by molar-refractivity contribution is 6.32. The number of carbonyl (C=O) groups excluding carboxylic acids is 1. The van der Waals surface area contributed by atoms with Gasteiger partial charge in [-0.25, -0.2) is 9.97 Å². The Labute approximate surface area is 111 Å². The van der Waals surface area contributed by atoms with E-state index in [9.17, 15) is 4.79 Å². The van der Waals surface area contributed by atoms with Crippen LogP contribution in [0, 0.1) is 5.92 Å². The first-order valence-corrected chi connectivity index (χ1v) is 6.47. The highest BCUT2D eigenvalue weighted by Gasteiger charge is 2.28. The number of piperidine rings is 1. The van der Waals surface area contributed by atoms with Gasteiger partial charge in [0.2, 0.25) is 0 Å². The zero-order valence-corrected chi connectivity index (χ0v) is 11.1. The molecule has 1 fully saturated rings. The summed E-state index contributed by atoms with van der Waals surface area (Å²) in [5.74, 6) is 0.470. The van der Waals surface area contributed by atoms with E-state index in [2.05, 4.69) is 9.97 Å². The van der Waals surface area contributed by atoms with E-state index in [-0.39, 0.29) is 11.9 Å². The van der Waals surface area contributed by atoms with Crippen LogP contribution in [0.1, 0.15) is 19.8 Å². The van der Waals surface area contributed by atoms with E-state index in [0.29, 0.717) is 24.0 Å². The molecule has 1 unspecified atom stereocenters. The number of hydrogen-bond donors (Lipinski definition) is 0. The minimum absolute atomic E-state index is 0.0928. The van der Waals surface area contributed by atoms with Crippen LogP contribution in [0.15, 0.2) is 12.5 Å². The van der Waals surface area contributed by atoms with Gasteiger partial charge >= 0.3 is 5.97 Å². The van der Waals surface area contributed by atoms with E-state index in [1.54, 1.807) is 6.20 Å². The molecule has 0 radical (unpaired) electrons. The maximum absolute atomic E-state index is 11.7. The predicted molar refractivity (Wildman–Crippen MR) is 68.6 cm³/mol. The first-order valence-electron chi connectivity index (χ1n) is 6.09. The number of aromatic nitrogens is 2. The van der Waals surface area contributed by atoms with Crippen LogP contribution in [0.4, 0.5) is 5.82 Å². The van der Waals surface area contributed by atoms with Crippen LogP contribution >= 0.6 is 11.6 Å². The number of anilines is 1. The molecule has 18 heavy (non-hydrogen) atoms. The number of esters is 1. The summed E-state index contributed by atoms with van der Waals surface area (Å²) in [5, 5.41) is 0.516. The molecule has 0 aliphatic carbocycles. The van der Waals surface area contributed by atoms with E-state index in [1.165, 1.54) is 6.33 Å².